The molecule has 1 aliphatic carbocycles. The molecule has 2 N–H and O–H groups in total. The van der Waals surface area contributed by atoms with Crippen molar-refractivity contribution in [2.45, 2.75) is 77.7 Å². The van der Waals surface area contributed by atoms with Crippen molar-refractivity contribution in [1.82, 2.24) is 0 Å². The summed E-state index contributed by atoms with van der Waals surface area (Å²) in [5.74, 6) is 0.209. The Hall–Kier alpha value is -2.30. The molecule has 36 heavy (non-hydrogen) atoms. The Bertz CT molecular complexity index is 1040. The van der Waals surface area contributed by atoms with Gasteiger partial charge in [0, 0.05) is 36.1 Å². The summed E-state index contributed by atoms with van der Waals surface area (Å²) in [7, 11) is 0. The van der Waals surface area contributed by atoms with Crippen LogP contribution in [0.15, 0.2) is 49.1 Å². The first-order valence-electron chi connectivity index (χ1n) is 13.4. The molecule has 4 unspecified atom stereocenters. The predicted octanol–water partition coefficient (Wildman–Crippen LogP) is 7.19. The Kier molecular flexibility index (Phi) is 10.4. The Morgan fingerprint density at radius 2 is 1.97 bits per heavy atom. The van der Waals surface area contributed by atoms with Gasteiger partial charge in [0.2, 0.25) is 0 Å². The molecule has 0 aromatic heterocycles. The molecule has 1 fully saturated rings. The van der Waals surface area contributed by atoms with Gasteiger partial charge < -0.3 is 15.1 Å². The number of aryl methyl sites for hydroxylation is 3. The number of nitrogens with zero attached hydrogens (tertiary/aromatic N) is 1. The average Bonchev–Trinajstić information content (AvgIpc) is 2.83. The van der Waals surface area contributed by atoms with Crippen LogP contribution in [0, 0.1) is 18.8 Å². The fourth-order valence-corrected chi connectivity index (χ4v) is 5.77. The number of benzene rings is 2. The number of hydrogen-bond donors (Lipinski definition) is 2. The van der Waals surface area contributed by atoms with Gasteiger partial charge in [-0.2, -0.15) is 0 Å². The van der Waals surface area contributed by atoms with E-state index in [2.05, 4.69) is 56.5 Å². The number of rotatable bonds is 14. The van der Waals surface area contributed by atoms with Crippen LogP contribution in [0.25, 0.3) is 0 Å². The minimum atomic E-state index is -0.776. The van der Waals surface area contributed by atoms with E-state index in [1.807, 2.05) is 12.1 Å². The standard InChI is InChI=1S/C31H42ClNO3/c1-5-8-24-18-26(32)13-15-27(24)23(6-2)19-33(20-25-12-14-28(25)30(34)7-3)29-17-22(10-9-21(29)4)11-16-31(35)36/h7,9-10,13,15,17-18,23,25,28,30,34H,3,5-6,8,11-12,14,16,19-20H2,1-2,4H3,(H,35,36). The summed E-state index contributed by atoms with van der Waals surface area (Å²) in [4.78, 5) is 13.7. The van der Waals surface area contributed by atoms with Gasteiger partial charge in [-0.15, -0.1) is 6.58 Å². The molecule has 0 amide bonds. The average molecular weight is 512 g/mol. The third-order valence-corrected chi connectivity index (χ3v) is 8.09. The molecule has 1 aliphatic rings. The summed E-state index contributed by atoms with van der Waals surface area (Å²) in [6, 6.07) is 12.7. The number of hydrogen-bond acceptors (Lipinski definition) is 3. The fraction of sp³-hybridized carbons (Fsp3) is 0.516. The molecule has 2 aromatic carbocycles. The van der Waals surface area contributed by atoms with Crippen LogP contribution in [0.1, 0.15) is 74.1 Å². The summed E-state index contributed by atoms with van der Waals surface area (Å²) in [6.07, 6.45) is 7.06. The SMILES string of the molecule is C=CC(O)C1CCC1CN(CC(CC)c1ccc(Cl)cc1CCC)c1cc(CCC(=O)O)ccc1C. The van der Waals surface area contributed by atoms with Crippen LogP contribution < -0.4 is 4.90 Å². The monoisotopic (exact) mass is 511 g/mol. The number of aliphatic hydroxyl groups excluding tert-OH is 1. The second-order valence-corrected chi connectivity index (χ2v) is 10.8. The first-order chi connectivity index (χ1) is 17.3. The Morgan fingerprint density at radius 1 is 1.19 bits per heavy atom. The van der Waals surface area contributed by atoms with Gasteiger partial charge in [-0.1, -0.05) is 56.1 Å². The number of carboxylic acid groups (broad SMARTS) is 1. The van der Waals surface area contributed by atoms with Crippen LogP contribution in [-0.4, -0.2) is 35.4 Å². The van der Waals surface area contributed by atoms with Crippen molar-refractivity contribution in [3.8, 4) is 0 Å². The third kappa shape index (κ3) is 7.14. The van der Waals surface area contributed by atoms with Gasteiger partial charge in [0.15, 0.2) is 0 Å². The summed E-state index contributed by atoms with van der Waals surface area (Å²) < 4.78 is 0. The molecule has 0 spiro atoms. The van der Waals surface area contributed by atoms with Crippen molar-refractivity contribution in [2.24, 2.45) is 11.8 Å². The van der Waals surface area contributed by atoms with Crippen molar-refractivity contribution in [3.63, 3.8) is 0 Å². The zero-order valence-corrected chi connectivity index (χ0v) is 22.8. The summed E-state index contributed by atoms with van der Waals surface area (Å²) in [6.45, 7) is 12.1. The summed E-state index contributed by atoms with van der Waals surface area (Å²) >= 11 is 6.36. The molecular weight excluding hydrogens is 470 g/mol. The largest absolute Gasteiger partial charge is 0.481 e. The fourth-order valence-electron chi connectivity index (χ4n) is 5.57. The second kappa shape index (κ2) is 13.3. The van der Waals surface area contributed by atoms with Crippen LogP contribution in [0.2, 0.25) is 5.02 Å². The summed E-state index contributed by atoms with van der Waals surface area (Å²) in [5, 5.41) is 20.4. The number of carbonyl (C=O) groups is 1. The smallest absolute Gasteiger partial charge is 0.303 e. The topological polar surface area (TPSA) is 60.8 Å². The lowest BCUT2D eigenvalue weighted by Crippen LogP contribution is -2.44. The number of anilines is 1. The lowest BCUT2D eigenvalue weighted by Gasteiger charge is -2.43. The molecule has 0 radical (unpaired) electrons. The Morgan fingerprint density at radius 3 is 2.58 bits per heavy atom. The highest BCUT2D eigenvalue weighted by atomic mass is 35.5. The zero-order valence-electron chi connectivity index (χ0n) is 22.0. The van der Waals surface area contributed by atoms with Crippen LogP contribution >= 0.6 is 11.6 Å². The van der Waals surface area contributed by atoms with Gasteiger partial charge in [-0.25, -0.2) is 0 Å². The quantitative estimate of drug-likeness (QED) is 0.263. The van der Waals surface area contributed by atoms with E-state index < -0.39 is 12.1 Å². The molecule has 0 heterocycles. The van der Waals surface area contributed by atoms with Crippen LogP contribution in [0.5, 0.6) is 0 Å². The molecule has 4 nitrogen and oxygen atoms in total. The predicted molar refractivity (Wildman–Crippen MR) is 150 cm³/mol. The van der Waals surface area contributed by atoms with E-state index in [9.17, 15) is 15.0 Å². The number of aliphatic carboxylic acids is 1. The number of carboxylic acids is 1. The van der Waals surface area contributed by atoms with Crippen LogP contribution in [0.4, 0.5) is 5.69 Å². The zero-order chi connectivity index (χ0) is 26.2. The highest BCUT2D eigenvalue weighted by molar-refractivity contribution is 6.30. The molecule has 0 saturated heterocycles. The molecular formula is C31H42ClNO3. The number of aliphatic hydroxyl groups is 1. The number of halogens is 1. The minimum absolute atomic E-state index is 0.126. The normalized spacial score (nSPS) is 18.8. The van der Waals surface area contributed by atoms with Gasteiger partial charge in [0.05, 0.1) is 6.10 Å². The third-order valence-electron chi connectivity index (χ3n) is 7.85. The van der Waals surface area contributed by atoms with Crippen molar-refractivity contribution < 1.29 is 15.0 Å². The Labute approximate surface area is 222 Å². The molecule has 0 bridgehead atoms. The molecule has 2 aromatic rings. The van der Waals surface area contributed by atoms with Gasteiger partial charge in [0.1, 0.15) is 0 Å². The highest BCUT2D eigenvalue weighted by Gasteiger charge is 2.36. The van der Waals surface area contributed by atoms with Crippen molar-refractivity contribution in [3.05, 3.63) is 76.3 Å². The molecule has 3 rings (SSSR count). The minimum Gasteiger partial charge on any atom is -0.481 e. The van der Waals surface area contributed by atoms with Gasteiger partial charge in [-0.05, 0) is 91.3 Å². The maximum Gasteiger partial charge on any atom is 0.303 e. The van der Waals surface area contributed by atoms with Crippen molar-refractivity contribution in [1.29, 1.82) is 0 Å². The molecule has 0 aliphatic heterocycles. The first-order valence-corrected chi connectivity index (χ1v) is 13.8. The maximum atomic E-state index is 11.2. The van der Waals surface area contributed by atoms with E-state index in [-0.39, 0.29) is 12.3 Å². The van der Waals surface area contributed by atoms with Crippen LogP contribution in [0.3, 0.4) is 0 Å². The van der Waals surface area contributed by atoms with Gasteiger partial charge in [0.25, 0.3) is 0 Å². The van der Waals surface area contributed by atoms with E-state index in [1.54, 1.807) is 6.08 Å². The first kappa shape index (κ1) is 28.3. The van der Waals surface area contributed by atoms with E-state index in [1.165, 1.54) is 22.4 Å². The molecule has 1 saturated carbocycles. The molecule has 196 valence electrons. The second-order valence-electron chi connectivity index (χ2n) is 10.3. The Balaban J connectivity index is 1.95. The summed E-state index contributed by atoms with van der Waals surface area (Å²) in [5.41, 5.74) is 6.09. The van der Waals surface area contributed by atoms with Crippen LogP contribution in [-0.2, 0) is 17.6 Å². The van der Waals surface area contributed by atoms with E-state index in [4.69, 9.17) is 11.6 Å². The lowest BCUT2D eigenvalue weighted by molar-refractivity contribution is -0.136. The maximum absolute atomic E-state index is 11.2. The van der Waals surface area contributed by atoms with Gasteiger partial charge >= 0.3 is 5.97 Å². The lowest BCUT2D eigenvalue weighted by atomic mass is 9.70. The van der Waals surface area contributed by atoms with E-state index in [0.29, 0.717) is 18.3 Å². The van der Waals surface area contributed by atoms with E-state index >= 15 is 0 Å². The molecule has 5 heteroatoms. The van der Waals surface area contributed by atoms with Crippen molar-refractivity contribution >= 4 is 23.3 Å². The van der Waals surface area contributed by atoms with E-state index in [0.717, 1.165) is 55.8 Å². The van der Waals surface area contributed by atoms with Gasteiger partial charge in [-0.3, -0.25) is 4.79 Å². The highest BCUT2D eigenvalue weighted by Crippen LogP contribution is 2.40. The molecule has 4 atom stereocenters. The van der Waals surface area contributed by atoms with Crippen molar-refractivity contribution in [2.75, 3.05) is 18.0 Å².